The minimum absolute atomic E-state index is 0.268. The summed E-state index contributed by atoms with van der Waals surface area (Å²) in [6.07, 6.45) is 0. The van der Waals surface area contributed by atoms with Gasteiger partial charge in [0.1, 0.15) is 6.04 Å². The van der Waals surface area contributed by atoms with Crippen molar-refractivity contribution in [3.8, 4) is 0 Å². The molecule has 2 rings (SSSR count). The standard InChI is InChI=1S/C18H19ClN2O2/c1-11-4-9-16(10-12(11)2)21-17(22)13(3)20-18(23)14-5-7-15(19)8-6-14/h4-10,13H,1-3H3,(H,20,23)(H,21,22). The van der Waals surface area contributed by atoms with Crippen LogP contribution in [0.3, 0.4) is 0 Å². The predicted octanol–water partition coefficient (Wildman–Crippen LogP) is 3.71. The molecule has 2 amide bonds. The van der Waals surface area contributed by atoms with Crippen molar-refractivity contribution in [2.45, 2.75) is 26.8 Å². The van der Waals surface area contributed by atoms with Gasteiger partial charge in [-0.25, -0.2) is 0 Å². The van der Waals surface area contributed by atoms with E-state index in [1.807, 2.05) is 32.0 Å². The van der Waals surface area contributed by atoms with Crippen LogP contribution in [0.25, 0.3) is 0 Å². The largest absolute Gasteiger partial charge is 0.341 e. The van der Waals surface area contributed by atoms with Gasteiger partial charge in [0, 0.05) is 16.3 Å². The number of hydrogen-bond acceptors (Lipinski definition) is 2. The van der Waals surface area contributed by atoms with Crippen LogP contribution in [0.5, 0.6) is 0 Å². The first-order chi connectivity index (χ1) is 10.9. The van der Waals surface area contributed by atoms with E-state index in [4.69, 9.17) is 11.6 Å². The van der Waals surface area contributed by atoms with Crippen LogP contribution < -0.4 is 10.6 Å². The smallest absolute Gasteiger partial charge is 0.251 e. The van der Waals surface area contributed by atoms with Crippen LogP contribution in [0.4, 0.5) is 5.69 Å². The van der Waals surface area contributed by atoms with Crippen LogP contribution in [0.1, 0.15) is 28.4 Å². The van der Waals surface area contributed by atoms with Crippen molar-refractivity contribution in [2.24, 2.45) is 0 Å². The SMILES string of the molecule is Cc1ccc(NC(=O)C(C)NC(=O)c2ccc(Cl)cc2)cc1C. The number of anilines is 1. The lowest BCUT2D eigenvalue weighted by Gasteiger charge is -2.15. The summed E-state index contributed by atoms with van der Waals surface area (Å²) in [6, 6.07) is 11.5. The molecule has 0 aliphatic carbocycles. The van der Waals surface area contributed by atoms with Gasteiger partial charge < -0.3 is 10.6 Å². The average molecular weight is 331 g/mol. The minimum Gasteiger partial charge on any atom is -0.341 e. The number of halogens is 1. The summed E-state index contributed by atoms with van der Waals surface area (Å²) in [5.41, 5.74) is 3.43. The third-order valence-corrected chi connectivity index (χ3v) is 3.87. The maximum atomic E-state index is 12.2. The summed E-state index contributed by atoms with van der Waals surface area (Å²) in [5.74, 6) is -0.583. The van der Waals surface area contributed by atoms with E-state index in [1.165, 1.54) is 0 Å². The Labute approximate surface area is 140 Å². The minimum atomic E-state index is -0.653. The van der Waals surface area contributed by atoms with Gasteiger partial charge in [0.2, 0.25) is 5.91 Å². The van der Waals surface area contributed by atoms with Crippen LogP contribution in [0.2, 0.25) is 5.02 Å². The van der Waals surface area contributed by atoms with Crippen LogP contribution in [0, 0.1) is 13.8 Å². The van der Waals surface area contributed by atoms with Crippen LogP contribution in [0.15, 0.2) is 42.5 Å². The van der Waals surface area contributed by atoms with Crippen molar-refractivity contribution in [3.63, 3.8) is 0 Å². The molecule has 0 spiro atoms. The van der Waals surface area contributed by atoms with E-state index in [1.54, 1.807) is 31.2 Å². The van der Waals surface area contributed by atoms with Crippen LogP contribution in [-0.2, 0) is 4.79 Å². The Kier molecular flexibility index (Phi) is 5.40. The fourth-order valence-corrected chi connectivity index (χ4v) is 2.14. The molecular formula is C18H19ClN2O2. The van der Waals surface area contributed by atoms with Gasteiger partial charge in [-0.3, -0.25) is 9.59 Å². The van der Waals surface area contributed by atoms with E-state index in [0.29, 0.717) is 16.3 Å². The van der Waals surface area contributed by atoms with Crippen molar-refractivity contribution in [1.29, 1.82) is 0 Å². The van der Waals surface area contributed by atoms with Gasteiger partial charge in [-0.1, -0.05) is 17.7 Å². The Hall–Kier alpha value is -2.33. The molecule has 0 aliphatic rings. The average Bonchev–Trinajstić information content (AvgIpc) is 2.51. The third kappa shape index (κ3) is 4.57. The molecule has 0 saturated heterocycles. The maximum absolute atomic E-state index is 12.2. The van der Waals surface area contributed by atoms with Crippen LogP contribution in [-0.4, -0.2) is 17.9 Å². The summed E-state index contributed by atoms with van der Waals surface area (Å²) in [6.45, 7) is 5.64. The normalized spacial score (nSPS) is 11.7. The Morgan fingerprint density at radius 1 is 1.00 bits per heavy atom. The molecule has 0 fully saturated rings. The number of benzene rings is 2. The molecule has 120 valence electrons. The second-order valence-corrected chi connectivity index (χ2v) is 5.93. The molecule has 2 aromatic rings. The van der Waals surface area contributed by atoms with Gasteiger partial charge in [-0.2, -0.15) is 0 Å². The highest BCUT2D eigenvalue weighted by molar-refractivity contribution is 6.30. The number of aryl methyl sites for hydroxylation is 2. The van der Waals surface area contributed by atoms with Gasteiger partial charge in [0.25, 0.3) is 5.91 Å². The van der Waals surface area contributed by atoms with Crippen molar-refractivity contribution in [1.82, 2.24) is 5.32 Å². The second kappa shape index (κ2) is 7.29. The topological polar surface area (TPSA) is 58.2 Å². The summed E-state index contributed by atoms with van der Waals surface area (Å²) < 4.78 is 0. The molecule has 1 unspecified atom stereocenters. The van der Waals surface area contributed by atoms with Crippen molar-refractivity contribution < 1.29 is 9.59 Å². The number of carbonyl (C=O) groups is 2. The number of rotatable bonds is 4. The zero-order valence-electron chi connectivity index (χ0n) is 13.3. The monoisotopic (exact) mass is 330 g/mol. The van der Waals surface area contributed by atoms with Crippen molar-refractivity contribution in [2.75, 3.05) is 5.32 Å². The molecule has 0 aromatic heterocycles. The van der Waals surface area contributed by atoms with Gasteiger partial charge in [-0.05, 0) is 68.3 Å². The van der Waals surface area contributed by atoms with Gasteiger partial charge >= 0.3 is 0 Å². The lowest BCUT2D eigenvalue weighted by molar-refractivity contribution is -0.117. The molecule has 5 heteroatoms. The zero-order chi connectivity index (χ0) is 17.0. The molecule has 1 atom stereocenters. The zero-order valence-corrected chi connectivity index (χ0v) is 14.1. The van der Waals surface area contributed by atoms with Crippen molar-refractivity contribution >= 4 is 29.1 Å². The molecule has 0 heterocycles. The highest BCUT2D eigenvalue weighted by atomic mass is 35.5. The summed E-state index contributed by atoms with van der Waals surface area (Å²) in [4.78, 5) is 24.3. The first-order valence-corrected chi connectivity index (χ1v) is 7.69. The van der Waals surface area contributed by atoms with Crippen molar-refractivity contribution in [3.05, 3.63) is 64.2 Å². The quantitative estimate of drug-likeness (QED) is 0.897. The molecule has 0 radical (unpaired) electrons. The number of carbonyl (C=O) groups excluding carboxylic acids is 2. The first kappa shape index (κ1) is 17.0. The van der Waals surface area contributed by atoms with E-state index >= 15 is 0 Å². The van der Waals surface area contributed by atoms with E-state index in [2.05, 4.69) is 10.6 Å². The number of hydrogen-bond donors (Lipinski definition) is 2. The summed E-state index contributed by atoms with van der Waals surface area (Å²) >= 11 is 5.79. The fourth-order valence-electron chi connectivity index (χ4n) is 2.02. The first-order valence-electron chi connectivity index (χ1n) is 7.31. The molecular weight excluding hydrogens is 312 g/mol. The Balaban J connectivity index is 1.97. The second-order valence-electron chi connectivity index (χ2n) is 5.49. The van der Waals surface area contributed by atoms with Gasteiger partial charge in [0.15, 0.2) is 0 Å². The van der Waals surface area contributed by atoms with E-state index in [0.717, 1.165) is 11.1 Å². The maximum Gasteiger partial charge on any atom is 0.251 e. The summed E-state index contributed by atoms with van der Waals surface area (Å²) in [7, 11) is 0. The Bertz CT molecular complexity index is 726. The lowest BCUT2D eigenvalue weighted by Crippen LogP contribution is -2.41. The highest BCUT2D eigenvalue weighted by Gasteiger charge is 2.16. The van der Waals surface area contributed by atoms with E-state index in [-0.39, 0.29) is 11.8 Å². The highest BCUT2D eigenvalue weighted by Crippen LogP contribution is 2.14. The van der Waals surface area contributed by atoms with Crippen LogP contribution >= 0.6 is 11.6 Å². The predicted molar refractivity (Wildman–Crippen MR) is 92.9 cm³/mol. The fraction of sp³-hybridized carbons (Fsp3) is 0.222. The molecule has 2 aromatic carbocycles. The van der Waals surface area contributed by atoms with Gasteiger partial charge in [-0.15, -0.1) is 0 Å². The molecule has 4 nitrogen and oxygen atoms in total. The van der Waals surface area contributed by atoms with E-state index in [9.17, 15) is 9.59 Å². The third-order valence-electron chi connectivity index (χ3n) is 3.62. The molecule has 0 bridgehead atoms. The summed E-state index contributed by atoms with van der Waals surface area (Å²) in [5, 5.41) is 6.03. The molecule has 0 saturated carbocycles. The Morgan fingerprint density at radius 2 is 1.65 bits per heavy atom. The number of nitrogens with one attached hydrogen (secondary N) is 2. The number of amides is 2. The molecule has 0 aliphatic heterocycles. The van der Waals surface area contributed by atoms with E-state index < -0.39 is 6.04 Å². The molecule has 2 N–H and O–H groups in total. The Morgan fingerprint density at radius 3 is 2.26 bits per heavy atom. The lowest BCUT2D eigenvalue weighted by atomic mass is 10.1. The van der Waals surface area contributed by atoms with Gasteiger partial charge in [0.05, 0.1) is 0 Å². The molecule has 23 heavy (non-hydrogen) atoms.